The second-order valence-electron chi connectivity index (χ2n) is 8.81. The number of hydrogen-bond donors (Lipinski definition) is 2. The molecule has 0 aromatic heterocycles. The highest BCUT2D eigenvalue weighted by Gasteiger charge is 2.24. The molecule has 2 amide bonds. The van der Waals surface area contributed by atoms with Gasteiger partial charge in [0, 0.05) is 43.9 Å². The molecular formula is C27H34N4O4. The van der Waals surface area contributed by atoms with Gasteiger partial charge in [0.15, 0.2) is 11.5 Å². The Morgan fingerprint density at radius 3 is 2.60 bits per heavy atom. The van der Waals surface area contributed by atoms with Crippen LogP contribution in [0, 0.1) is 0 Å². The maximum atomic E-state index is 12.6. The highest BCUT2D eigenvalue weighted by Crippen LogP contribution is 2.33. The number of rotatable bonds is 9. The maximum absolute atomic E-state index is 12.6. The number of hydrogen-bond acceptors (Lipinski definition) is 6. The van der Waals surface area contributed by atoms with Crippen molar-refractivity contribution in [3.05, 3.63) is 59.4 Å². The van der Waals surface area contributed by atoms with Crippen LogP contribution in [-0.4, -0.2) is 74.5 Å². The molecule has 0 bridgehead atoms. The van der Waals surface area contributed by atoms with Crippen LogP contribution in [-0.2, 0) is 4.79 Å². The molecule has 35 heavy (non-hydrogen) atoms. The largest absolute Gasteiger partial charge is 0.496 e. The van der Waals surface area contributed by atoms with Crippen LogP contribution in [0.15, 0.2) is 48.2 Å². The number of nitrogens with zero attached hydrogens (tertiary/aromatic N) is 2. The molecule has 2 aromatic rings. The first-order valence-electron chi connectivity index (χ1n) is 12.3. The Bertz CT molecular complexity index is 1080. The monoisotopic (exact) mass is 478 g/mol. The third-order valence-electron chi connectivity index (χ3n) is 6.30. The molecule has 1 fully saturated rings. The van der Waals surface area contributed by atoms with Gasteiger partial charge in [-0.2, -0.15) is 0 Å². The number of para-hydroxylation sites is 1. The molecule has 8 heteroatoms. The summed E-state index contributed by atoms with van der Waals surface area (Å²) in [6.45, 7) is 9.41. The number of nitrogens with one attached hydrogen (secondary N) is 2. The van der Waals surface area contributed by atoms with Crippen molar-refractivity contribution in [3.8, 4) is 11.5 Å². The molecule has 0 spiro atoms. The van der Waals surface area contributed by atoms with E-state index in [1.54, 1.807) is 31.4 Å². The summed E-state index contributed by atoms with van der Waals surface area (Å²) >= 11 is 0. The van der Waals surface area contributed by atoms with Crippen molar-refractivity contribution in [2.45, 2.75) is 19.8 Å². The summed E-state index contributed by atoms with van der Waals surface area (Å²) < 4.78 is 11.2. The number of ether oxygens (including phenoxy) is 2. The zero-order valence-corrected chi connectivity index (χ0v) is 20.5. The van der Waals surface area contributed by atoms with Gasteiger partial charge in [0.1, 0.15) is 5.75 Å². The van der Waals surface area contributed by atoms with Crippen LogP contribution < -0.4 is 20.1 Å². The van der Waals surface area contributed by atoms with E-state index in [0.717, 1.165) is 44.7 Å². The molecule has 2 N–H and O–H groups in total. The third-order valence-corrected chi connectivity index (χ3v) is 6.30. The molecule has 186 valence electrons. The first-order chi connectivity index (χ1) is 17.1. The number of fused-ring (bicyclic) bond motifs is 1. The lowest BCUT2D eigenvalue weighted by Gasteiger charge is -2.34. The number of piperazine rings is 1. The quantitative estimate of drug-likeness (QED) is 0.425. The van der Waals surface area contributed by atoms with Crippen molar-refractivity contribution < 1.29 is 19.1 Å². The minimum atomic E-state index is -0.375. The van der Waals surface area contributed by atoms with E-state index in [9.17, 15) is 9.59 Å². The number of carbonyl (C=O) groups is 2. The van der Waals surface area contributed by atoms with E-state index in [4.69, 9.17) is 9.47 Å². The fourth-order valence-electron chi connectivity index (χ4n) is 4.39. The number of carbonyl (C=O) groups excluding carboxylic acids is 2. The van der Waals surface area contributed by atoms with E-state index in [1.807, 2.05) is 24.3 Å². The van der Waals surface area contributed by atoms with Crippen LogP contribution in [0.3, 0.4) is 0 Å². The molecule has 0 saturated carbocycles. The Balaban J connectivity index is 1.29. The number of methoxy groups -OCH3 is 1. The number of amides is 2. The summed E-state index contributed by atoms with van der Waals surface area (Å²) in [4.78, 5) is 30.2. The summed E-state index contributed by atoms with van der Waals surface area (Å²) in [6, 6.07) is 12.4. The average molecular weight is 479 g/mol. The first-order valence-corrected chi connectivity index (χ1v) is 12.3. The number of anilines is 1. The fraction of sp³-hybridized carbons (Fsp3) is 0.407. The van der Waals surface area contributed by atoms with Crippen LogP contribution in [0.4, 0.5) is 5.69 Å². The molecular weight excluding hydrogens is 444 g/mol. The lowest BCUT2D eigenvalue weighted by molar-refractivity contribution is -0.115. The van der Waals surface area contributed by atoms with E-state index in [1.165, 1.54) is 13.0 Å². The van der Waals surface area contributed by atoms with Gasteiger partial charge < -0.3 is 29.9 Å². The Morgan fingerprint density at radius 2 is 1.86 bits per heavy atom. The standard InChI is InChI=1S/C27H34N4O4/c1-3-12-30-14-16-31(17-15-30)13-6-11-28-26(32)21-9-10-24-22(18-21)29-27(33)25(35-24)19-20-7-4-5-8-23(20)34-2/h4-5,7-10,18-19H,3,6,11-17H2,1-2H3,(H,28,32)(H,29,33)/b25-19+. The predicted molar refractivity (Wildman–Crippen MR) is 137 cm³/mol. The average Bonchev–Trinajstić information content (AvgIpc) is 2.88. The fourth-order valence-corrected chi connectivity index (χ4v) is 4.39. The second-order valence-corrected chi connectivity index (χ2v) is 8.81. The van der Waals surface area contributed by atoms with Crippen molar-refractivity contribution in [1.29, 1.82) is 0 Å². The lowest BCUT2D eigenvalue weighted by atomic mass is 10.1. The van der Waals surface area contributed by atoms with Crippen LogP contribution in [0.5, 0.6) is 11.5 Å². The topological polar surface area (TPSA) is 83.1 Å². The zero-order chi connectivity index (χ0) is 24.6. The minimum absolute atomic E-state index is 0.162. The van der Waals surface area contributed by atoms with Gasteiger partial charge in [-0.15, -0.1) is 0 Å². The van der Waals surface area contributed by atoms with Crippen molar-refractivity contribution in [1.82, 2.24) is 15.1 Å². The van der Waals surface area contributed by atoms with Crippen LogP contribution in [0.2, 0.25) is 0 Å². The second kappa shape index (κ2) is 11.9. The Hall–Kier alpha value is -3.36. The maximum Gasteiger partial charge on any atom is 0.291 e. The molecule has 2 aliphatic rings. The van der Waals surface area contributed by atoms with Crippen molar-refractivity contribution in [3.63, 3.8) is 0 Å². The molecule has 2 heterocycles. The molecule has 0 aliphatic carbocycles. The van der Waals surface area contributed by atoms with Gasteiger partial charge in [-0.1, -0.05) is 25.1 Å². The number of benzene rings is 2. The van der Waals surface area contributed by atoms with E-state index < -0.39 is 0 Å². The van der Waals surface area contributed by atoms with Gasteiger partial charge in [0.2, 0.25) is 0 Å². The van der Waals surface area contributed by atoms with Crippen LogP contribution >= 0.6 is 0 Å². The minimum Gasteiger partial charge on any atom is -0.496 e. The molecule has 1 saturated heterocycles. The Kier molecular flexibility index (Phi) is 8.39. The van der Waals surface area contributed by atoms with Gasteiger partial charge in [-0.25, -0.2) is 0 Å². The van der Waals surface area contributed by atoms with Crippen molar-refractivity contribution in [2.24, 2.45) is 0 Å². The van der Waals surface area contributed by atoms with E-state index >= 15 is 0 Å². The molecule has 2 aromatic carbocycles. The van der Waals surface area contributed by atoms with E-state index in [2.05, 4.69) is 27.4 Å². The smallest absolute Gasteiger partial charge is 0.291 e. The highest BCUT2D eigenvalue weighted by atomic mass is 16.5. The Morgan fingerprint density at radius 1 is 1.11 bits per heavy atom. The SMILES string of the molecule is CCCN1CCN(CCCNC(=O)c2ccc3c(c2)NC(=O)/C(=C\c2ccccc2OC)O3)CC1. The zero-order valence-electron chi connectivity index (χ0n) is 20.5. The van der Waals surface area contributed by atoms with Crippen molar-refractivity contribution >= 4 is 23.6 Å². The summed E-state index contributed by atoms with van der Waals surface area (Å²) in [7, 11) is 1.58. The summed E-state index contributed by atoms with van der Waals surface area (Å²) in [5.74, 6) is 0.761. The molecule has 2 aliphatic heterocycles. The lowest BCUT2D eigenvalue weighted by Crippen LogP contribution is -2.47. The van der Waals surface area contributed by atoms with E-state index in [-0.39, 0.29) is 17.6 Å². The normalized spacial score (nSPS) is 17.4. The van der Waals surface area contributed by atoms with Gasteiger partial charge >= 0.3 is 0 Å². The first kappa shape index (κ1) is 24.8. The highest BCUT2D eigenvalue weighted by molar-refractivity contribution is 6.09. The molecule has 0 atom stereocenters. The van der Waals surface area contributed by atoms with Gasteiger partial charge in [-0.05, 0) is 56.3 Å². The van der Waals surface area contributed by atoms with Crippen molar-refractivity contribution in [2.75, 3.05) is 58.2 Å². The predicted octanol–water partition coefficient (Wildman–Crippen LogP) is 3.21. The Labute approximate surface area is 206 Å². The van der Waals surface area contributed by atoms with Crippen LogP contribution in [0.1, 0.15) is 35.7 Å². The molecule has 0 unspecified atom stereocenters. The van der Waals surface area contributed by atoms with Crippen LogP contribution in [0.25, 0.3) is 6.08 Å². The van der Waals surface area contributed by atoms with E-state index in [0.29, 0.717) is 29.3 Å². The van der Waals surface area contributed by atoms with Gasteiger partial charge in [0.05, 0.1) is 12.8 Å². The molecule has 0 radical (unpaired) electrons. The third kappa shape index (κ3) is 6.41. The molecule has 8 nitrogen and oxygen atoms in total. The van der Waals surface area contributed by atoms with Gasteiger partial charge in [0.25, 0.3) is 11.8 Å². The van der Waals surface area contributed by atoms with Gasteiger partial charge in [-0.3, -0.25) is 9.59 Å². The molecule has 4 rings (SSSR count). The summed E-state index contributed by atoms with van der Waals surface area (Å²) in [5.41, 5.74) is 1.70. The summed E-state index contributed by atoms with van der Waals surface area (Å²) in [6.07, 6.45) is 3.74. The summed E-state index contributed by atoms with van der Waals surface area (Å²) in [5, 5.41) is 5.81.